The highest BCUT2D eigenvalue weighted by Gasteiger charge is 2.22. The van der Waals surface area contributed by atoms with Crippen LogP contribution in [0.4, 0.5) is 5.69 Å². The van der Waals surface area contributed by atoms with Gasteiger partial charge in [0.25, 0.3) is 11.8 Å². The van der Waals surface area contributed by atoms with Crippen molar-refractivity contribution < 1.29 is 14.3 Å². The van der Waals surface area contributed by atoms with Crippen LogP contribution in [0.2, 0.25) is 0 Å². The van der Waals surface area contributed by atoms with Gasteiger partial charge in [0, 0.05) is 22.6 Å². The summed E-state index contributed by atoms with van der Waals surface area (Å²) in [5.74, 6) is 0.336. The Morgan fingerprint density at radius 3 is 2.65 bits per heavy atom. The Balaban J connectivity index is 1.48. The summed E-state index contributed by atoms with van der Waals surface area (Å²) in [7, 11) is 1.60. The maximum atomic E-state index is 12.6. The molecule has 2 N–H and O–H groups in total. The minimum Gasteiger partial charge on any atom is -0.496 e. The van der Waals surface area contributed by atoms with Gasteiger partial charge in [-0.05, 0) is 42.8 Å². The van der Waals surface area contributed by atoms with Gasteiger partial charge in [0.05, 0.1) is 17.7 Å². The Morgan fingerprint density at radius 1 is 1.10 bits per heavy atom. The quantitative estimate of drug-likeness (QED) is 0.558. The summed E-state index contributed by atoms with van der Waals surface area (Å²) < 4.78 is 5.32. The van der Waals surface area contributed by atoms with Gasteiger partial charge in [0.1, 0.15) is 5.75 Å². The van der Waals surface area contributed by atoms with Crippen molar-refractivity contribution in [2.75, 3.05) is 12.4 Å². The van der Waals surface area contributed by atoms with Crippen molar-refractivity contribution in [1.82, 2.24) is 5.32 Å². The minimum atomic E-state index is -0.214. The number of anilines is 1. The first-order valence-electron chi connectivity index (χ1n) is 9.85. The van der Waals surface area contributed by atoms with E-state index in [9.17, 15) is 9.59 Å². The minimum absolute atomic E-state index is 0.176. The van der Waals surface area contributed by atoms with Crippen molar-refractivity contribution >= 4 is 35.3 Å². The number of fused-ring (bicyclic) bond motifs is 1. The summed E-state index contributed by atoms with van der Waals surface area (Å²) in [4.78, 5) is 26.7. The molecule has 0 saturated carbocycles. The predicted molar refractivity (Wildman–Crippen MR) is 124 cm³/mol. The molecule has 2 amide bonds. The van der Waals surface area contributed by atoms with Gasteiger partial charge < -0.3 is 15.4 Å². The maximum absolute atomic E-state index is 12.6. The molecule has 0 atom stereocenters. The van der Waals surface area contributed by atoms with E-state index in [-0.39, 0.29) is 11.8 Å². The highest BCUT2D eigenvalue weighted by Crippen LogP contribution is 2.39. The summed E-state index contributed by atoms with van der Waals surface area (Å²) >= 11 is 1.40. The van der Waals surface area contributed by atoms with Crippen molar-refractivity contribution in [2.24, 2.45) is 0 Å². The number of nitrogens with one attached hydrogen (secondary N) is 2. The van der Waals surface area contributed by atoms with Crippen molar-refractivity contribution in [3.05, 3.63) is 93.9 Å². The number of ether oxygens (including phenoxy) is 1. The molecule has 0 aliphatic carbocycles. The Morgan fingerprint density at radius 2 is 1.87 bits per heavy atom. The van der Waals surface area contributed by atoms with Crippen LogP contribution in [0.5, 0.6) is 5.75 Å². The zero-order chi connectivity index (χ0) is 21.8. The zero-order valence-corrected chi connectivity index (χ0v) is 18.1. The molecule has 1 aliphatic heterocycles. The first kappa shape index (κ1) is 20.8. The second-order valence-electron chi connectivity index (χ2n) is 7.18. The van der Waals surface area contributed by atoms with E-state index in [2.05, 4.69) is 10.6 Å². The average Bonchev–Trinajstić information content (AvgIpc) is 2.79. The number of rotatable bonds is 5. The van der Waals surface area contributed by atoms with E-state index < -0.39 is 0 Å². The zero-order valence-electron chi connectivity index (χ0n) is 17.3. The Bertz CT molecular complexity index is 1170. The molecular formula is C25H22N2O3S. The average molecular weight is 431 g/mol. The van der Waals surface area contributed by atoms with E-state index in [0.29, 0.717) is 22.7 Å². The number of thioether (sulfide) groups is 1. The van der Waals surface area contributed by atoms with Gasteiger partial charge in [-0.3, -0.25) is 9.59 Å². The molecule has 156 valence electrons. The molecule has 1 heterocycles. The highest BCUT2D eigenvalue weighted by molar-refractivity contribution is 8.04. The number of methoxy groups -OCH3 is 1. The van der Waals surface area contributed by atoms with Gasteiger partial charge >= 0.3 is 0 Å². The third-order valence-corrected chi connectivity index (χ3v) is 6.04. The molecule has 4 rings (SSSR count). The standard InChI is InChI=1S/C25H22N2O3S/c1-16-7-9-17(10-8-16)13-23-25(29)27-20-14-18(11-12-22(20)31-23)24(28)26-15-19-5-3-4-6-21(19)30-2/h3-14H,15H2,1-2H3,(H,26,28)(H,27,29). The number of benzene rings is 3. The molecule has 5 nitrogen and oxygen atoms in total. The fourth-order valence-corrected chi connectivity index (χ4v) is 4.17. The topological polar surface area (TPSA) is 67.4 Å². The van der Waals surface area contributed by atoms with E-state index in [1.54, 1.807) is 19.2 Å². The van der Waals surface area contributed by atoms with Crippen LogP contribution in [0.25, 0.3) is 6.08 Å². The number of aryl methyl sites for hydroxylation is 1. The smallest absolute Gasteiger partial charge is 0.262 e. The molecule has 31 heavy (non-hydrogen) atoms. The van der Waals surface area contributed by atoms with Crippen LogP contribution in [0, 0.1) is 6.92 Å². The lowest BCUT2D eigenvalue weighted by atomic mass is 10.1. The lowest BCUT2D eigenvalue weighted by Crippen LogP contribution is -2.24. The van der Waals surface area contributed by atoms with Gasteiger partial charge in [-0.25, -0.2) is 0 Å². The molecule has 0 fully saturated rings. The highest BCUT2D eigenvalue weighted by atomic mass is 32.2. The summed E-state index contributed by atoms with van der Waals surface area (Å²) in [5, 5.41) is 5.80. The van der Waals surface area contributed by atoms with E-state index in [0.717, 1.165) is 21.8 Å². The van der Waals surface area contributed by atoms with Gasteiger partial charge in [-0.2, -0.15) is 0 Å². The molecular weight excluding hydrogens is 408 g/mol. The normalized spacial score (nSPS) is 14.0. The Labute approximate surface area is 185 Å². The number of carbonyl (C=O) groups is 2. The van der Waals surface area contributed by atoms with Gasteiger partial charge in [0.2, 0.25) is 0 Å². The molecule has 0 bridgehead atoms. The van der Waals surface area contributed by atoms with Crippen LogP contribution < -0.4 is 15.4 Å². The predicted octanol–water partition coefficient (Wildman–Crippen LogP) is 5.02. The molecule has 3 aromatic rings. The van der Waals surface area contributed by atoms with Crippen molar-refractivity contribution in [3.63, 3.8) is 0 Å². The molecule has 6 heteroatoms. The molecule has 0 spiro atoms. The number of amides is 2. The maximum Gasteiger partial charge on any atom is 0.262 e. The first-order chi connectivity index (χ1) is 15.0. The SMILES string of the molecule is COc1ccccc1CNC(=O)c1ccc2c(c1)NC(=O)C(=Cc1ccc(C)cc1)S2. The number of hydrogen-bond acceptors (Lipinski definition) is 4. The van der Waals surface area contributed by atoms with Crippen molar-refractivity contribution in [1.29, 1.82) is 0 Å². The molecule has 0 aromatic heterocycles. The van der Waals surface area contributed by atoms with Crippen LogP contribution in [0.3, 0.4) is 0 Å². The van der Waals surface area contributed by atoms with Crippen LogP contribution in [0.15, 0.2) is 76.5 Å². The summed E-state index contributed by atoms with van der Waals surface area (Å²) in [6.45, 7) is 2.38. The third kappa shape index (κ3) is 4.81. The van der Waals surface area contributed by atoms with E-state index in [4.69, 9.17) is 4.74 Å². The largest absolute Gasteiger partial charge is 0.496 e. The van der Waals surface area contributed by atoms with E-state index in [1.807, 2.05) is 67.6 Å². The number of carbonyl (C=O) groups excluding carboxylic acids is 2. The second kappa shape index (κ2) is 9.10. The Kier molecular flexibility index (Phi) is 6.09. The van der Waals surface area contributed by atoms with Crippen molar-refractivity contribution in [2.45, 2.75) is 18.4 Å². The van der Waals surface area contributed by atoms with E-state index in [1.165, 1.54) is 17.3 Å². The van der Waals surface area contributed by atoms with Crippen LogP contribution >= 0.6 is 11.8 Å². The number of hydrogen-bond donors (Lipinski definition) is 2. The molecule has 0 unspecified atom stereocenters. The van der Waals surface area contributed by atoms with Crippen LogP contribution in [-0.4, -0.2) is 18.9 Å². The Hall–Kier alpha value is -3.51. The molecule has 0 saturated heterocycles. The molecule has 1 aliphatic rings. The fourth-order valence-electron chi connectivity index (χ4n) is 3.24. The monoisotopic (exact) mass is 430 g/mol. The first-order valence-corrected chi connectivity index (χ1v) is 10.7. The van der Waals surface area contributed by atoms with Gasteiger partial charge in [0.15, 0.2) is 0 Å². The lowest BCUT2D eigenvalue weighted by Gasteiger charge is -2.19. The fraction of sp³-hybridized carbons (Fsp3) is 0.120. The van der Waals surface area contributed by atoms with Gasteiger partial charge in [-0.15, -0.1) is 0 Å². The van der Waals surface area contributed by atoms with E-state index >= 15 is 0 Å². The molecule has 0 radical (unpaired) electrons. The van der Waals surface area contributed by atoms with Gasteiger partial charge in [-0.1, -0.05) is 59.8 Å². The molecule has 3 aromatic carbocycles. The third-order valence-electron chi connectivity index (χ3n) is 4.94. The van der Waals surface area contributed by atoms with Crippen molar-refractivity contribution in [3.8, 4) is 5.75 Å². The second-order valence-corrected chi connectivity index (χ2v) is 8.26. The summed E-state index contributed by atoms with van der Waals surface area (Å²) in [6, 6.07) is 20.9. The lowest BCUT2D eigenvalue weighted by molar-refractivity contribution is -0.112. The number of para-hydroxylation sites is 1. The summed E-state index contributed by atoms with van der Waals surface area (Å²) in [5.41, 5.74) is 4.16. The van der Waals surface area contributed by atoms with Crippen LogP contribution in [-0.2, 0) is 11.3 Å². The summed E-state index contributed by atoms with van der Waals surface area (Å²) in [6.07, 6.45) is 1.87. The van der Waals surface area contributed by atoms with Crippen LogP contribution in [0.1, 0.15) is 27.0 Å².